The average molecular weight is 589 g/mol. The molecular formula is C26H29BFN3O11. The molecule has 0 spiro atoms. The van der Waals surface area contributed by atoms with E-state index in [1.165, 1.54) is 18.2 Å². The number of halogens is 1. The minimum absolute atomic E-state index is 0.0225. The zero-order valence-corrected chi connectivity index (χ0v) is 22.4. The molecule has 2 aliphatic heterocycles. The van der Waals surface area contributed by atoms with Crippen molar-refractivity contribution in [3.05, 3.63) is 46.3 Å². The van der Waals surface area contributed by atoms with Crippen molar-refractivity contribution in [2.24, 2.45) is 0 Å². The van der Waals surface area contributed by atoms with E-state index in [4.69, 9.17) is 17.3 Å². The van der Waals surface area contributed by atoms with E-state index in [2.05, 4.69) is 5.32 Å². The zero-order chi connectivity index (χ0) is 31.0. The van der Waals surface area contributed by atoms with Gasteiger partial charge in [0.15, 0.2) is 23.4 Å². The standard InChI is InChI=1S/C26H29BFN3O11/c1-29-23(36)22(26(39,40)25(27,38)12-32)31-10-14-13(24(31)37)3-2-4-17(14)42-11-16-18(28)21(35)20(34)15(19(16)33)9-30-5-7-41-8-6-30/h2-4,12,22,33-35,38-40H,5-11H2,1H3,(H,29,36). The number of aromatic hydroxyl groups is 3. The van der Waals surface area contributed by atoms with Gasteiger partial charge in [-0.3, -0.25) is 14.5 Å². The summed E-state index contributed by atoms with van der Waals surface area (Å²) in [5, 5.41) is 64.7. The Morgan fingerprint density at radius 2 is 1.83 bits per heavy atom. The predicted molar refractivity (Wildman–Crippen MR) is 140 cm³/mol. The minimum Gasteiger partial charge on any atom is -0.507 e. The van der Waals surface area contributed by atoms with Crippen molar-refractivity contribution in [3.8, 4) is 23.0 Å². The Kier molecular flexibility index (Phi) is 8.66. The summed E-state index contributed by atoms with van der Waals surface area (Å²) in [6.45, 7) is 0.559. The van der Waals surface area contributed by atoms with Crippen LogP contribution in [0.15, 0.2) is 18.2 Å². The van der Waals surface area contributed by atoms with Crippen LogP contribution in [0, 0.1) is 5.82 Å². The van der Waals surface area contributed by atoms with Crippen molar-refractivity contribution in [2.75, 3.05) is 33.4 Å². The van der Waals surface area contributed by atoms with Crippen LogP contribution in [0.2, 0.25) is 0 Å². The Morgan fingerprint density at radius 1 is 1.17 bits per heavy atom. The molecule has 14 nitrogen and oxygen atoms in total. The van der Waals surface area contributed by atoms with Gasteiger partial charge in [-0.25, -0.2) is 4.39 Å². The molecule has 2 aromatic rings. The van der Waals surface area contributed by atoms with E-state index in [-0.39, 0.29) is 29.0 Å². The average Bonchev–Trinajstić information content (AvgIpc) is 3.30. The summed E-state index contributed by atoms with van der Waals surface area (Å²) in [5.41, 5.74) is -3.92. The first-order valence-corrected chi connectivity index (χ1v) is 12.7. The van der Waals surface area contributed by atoms with E-state index in [1.807, 2.05) is 4.90 Å². The number of ether oxygens (including phenoxy) is 2. The number of morpholine rings is 1. The molecule has 4 rings (SSSR count). The number of rotatable bonds is 10. The van der Waals surface area contributed by atoms with E-state index in [0.29, 0.717) is 31.2 Å². The maximum Gasteiger partial charge on any atom is 0.255 e. The normalized spacial score (nSPS) is 17.8. The Hall–Kier alpha value is -3.96. The number of nitrogens with one attached hydrogen (secondary N) is 1. The summed E-state index contributed by atoms with van der Waals surface area (Å²) in [5.74, 6) is -9.66. The first-order valence-electron chi connectivity index (χ1n) is 12.7. The van der Waals surface area contributed by atoms with Gasteiger partial charge in [0, 0.05) is 37.8 Å². The largest absolute Gasteiger partial charge is 0.507 e. The molecule has 2 aliphatic rings. The highest BCUT2D eigenvalue weighted by Gasteiger charge is 2.57. The number of carbonyl (C=O) groups is 3. The minimum atomic E-state index is -3.64. The van der Waals surface area contributed by atoms with Crippen LogP contribution in [-0.4, -0.2) is 117 Å². The third kappa shape index (κ3) is 5.34. The number of amides is 2. The molecule has 224 valence electrons. The van der Waals surface area contributed by atoms with Gasteiger partial charge in [-0.2, -0.15) is 0 Å². The number of aldehydes is 1. The number of benzene rings is 2. The van der Waals surface area contributed by atoms with Gasteiger partial charge in [-0.1, -0.05) is 6.07 Å². The summed E-state index contributed by atoms with van der Waals surface area (Å²) >= 11 is 0. The molecule has 0 aliphatic carbocycles. The van der Waals surface area contributed by atoms with Gasteiger partial charge in [-0.05, 0) is 12.1 Å². The Labute approximate surface area is 239 Å². The lowest BCUT2D eigenvalue weighted by Crippen LogP contribution is -2.70. The van der Waals surface area contributed by atoms with Crippen molar-refractivity contribution >= 4 is 25.9 Å². The number of hydrogen-bond donors (Lipinski definition) is 7. The molecule has 2 atom stereocenters. The van der Waals surface area contributed by atoms with Gasteiger partial charge in [0.1, 0.15) is 37.7 Å². The molecule has 0 saturated carbocycles. The van der Waals surface area contributed by atoms with Crippen LogP contribution in [0.5, 0.6) is 23.0 Å². The first-order chi connectivity index (χ1) is 19.8. The van der Waals surface area contributed by atoms with Gasteiger partial charge in [0.25, 0.3) is 5.91 Å². The number of carbonyl (C=O) groups excluding carboxylic acids is 3. The Morgan fingerprint density at radius 3 is 2.45 bits per heavy atom. The second-order valence-electron chi connectivity index (χ2n) is 9.90. The van der Waals surface area contributed by atoms with E-state index in [1.54, 1.807) is 0 Å². The van der Waals surface area contributed by atoms with E-state index >= 15 is 0 Å². The Balaban J connectivity index is 1.64. The molecule has 2 heterocycles. The fourth-order valence-electron chi connectivity index (χ4n) is 4.86. The quantitative estimate of drug-likeness (QED) is 0.0536. The van der Waals surface area contributed by atoms with Gasteiger partial charge < -0.3 is 55.1 Å². The lowest BCUT2D eigenvalue weighted by Gasteiger charge is -2.42. The van der Waals surface area contributed by atoms with E-state index in [0.717, 1.165) is 7.05 Å². The molecule has 16 heteroatoms. The molecule has 2 unspecified atom stereocenters. The second kappa shape index (κ2) is 11.7. The predicted octanol–water partition coefficient (Wildman–Crippen LogP) is -1.84. The summed E-state index contributed by atoms with van der Waals surface area (Å²) < 4.78 is 26.0. The third-order valence-electron chi connectivity index (χ3n) is 7.32. The lowest BCUT2D eigenvalue weighted by molar-refractivity contribution is -0.256. The molecular weight excluding hydrogens is 560 g/mol. The van der Waals surface area contributed by atoms with E-state index < -0.39 is 77.2 Å². The SMILES string of the molecule is [B]C(O)(C=O)C(O)(O)C(C(=O)NC)N1Cc2c(OCc3c(O)c(CN4CCOCC4)c(O)c(O)c3F)cccc2C1=O. The maximum absolute atomic E-state index is 15.0. The molecule has 2 aromatic carbocycles. The third-order valence-corrected chi connectivity index (χ3v) is 7.32. The molecule has 1 fully saturated rings. The molecule has 7 N–H and O–H groups in total. The summed E-state index contributed by atoms with van der Waals surface area (Å²) in [6.07, 6.45) is -0.396. The molecule has 2 radical (unpaired) electrons. The highest BCUT2D eigenvalue weighted by Crippen LogP contribution is 2.43. The number of hydrogen-bond acceptors (Lipinski definition) is 12. The number of aliphatic hydroxyl groups is 3. The molecule has 2 amide bonds. The summed E-state index contributed by atoms with van der Waals surface area (Å²) in [4.78, 5) is 39.6. The molecule has 42 heavy (non-hydrogen) atoms. The van der Waals surface area contributed by atoms with E-state index in [9.17, 15) is 49.4 Å². The fraction of sp³-hybridized carbons (Fsp3) is 0.423. The lowest BCUT2D eigenvalue weighted by atomic mass is 9.72. The fourth-order valence-corrected chi connectivity index (χ4v) is 4.86. The van der Waals surface area contributed by atoms with Crippen LogP contribution >= 0.6 is 0 Å². The molecule has 0 aromatic heterocycles. The smallest absolute Gasteiger partial charge is 0.255 e. The van der Waals surface area contributed by atoms with Crippen LogP contribution in [-0.2, 0) is 34.0 Å². The highest BCUT2D eigenvalue weighted by molar-refractivity contribution is 6.24. The number of nitrogens with zero attached hydrogens (tertiary/aromatic N) is 2. The van der Waals surface area contributed by atoms with Gasteiger partial charge in [-0.15, -0.1) is 0 Å². The number of phenols is 3. The highest BCUT2D eigenvalue weighted by atomic mass is 19.1. The van der Waals surface area contributed by atoms with Crippen LogP contribution in [0.1, 0.15) is 27.0 Å². The zero-order valence-electron chi connectivity index (χ0n) is 22.4. The molecule has 0 bridgehead atoms. The van der Waals surface area contributed by atoms with Crippen LogP contribution in [0.3, 0.4) is 0 Å². The Bertz CT molecular complexity index is 1400. The van der Waals surface area contributed by atoms with Gasteiger partial charge in [0.05, 0.1) is 30.9 Å². The van der Waals surface area contributed by atoms with Crippen LogP contribution in [0.4, 0.5) is 4.39 Å². The van der Waals surface area contributed by atoms with Gasteiger partial charge >= 0.3 is 0 Å². The second-order valence-corrected chi connectivity index (χ2v) is 9.90. The molecule has 1 saturated heterocycles. The van der Waals surface area contributed by atoms with Crippen molar-refractivity contribution in [3.63, 3.8) is 0 Å². The first kappa shape index (κ1) is 31.0. The number of phenolic OH excluding ortho intramolecular Hbond substituents is 3. The monoisotopic (exact) mass is 589 g/mol. The number of likely N-dealkylation sites (N-methyl/N-ethyl adjacent to an activating group) is 1. The summed E-state index contributed by atoms with van der Waals surface area (Å²) in [7, 11) is 6.42. The van der Waals surface area contributed by atoms with Crippen molar-refractivity contribution in [1.29, 1.82) is 0 Å². The summed E-state index contributed by atoms with van der Waals surface area (Å²) in [6, 6.07) is 1.83. The topological polar surface area (TPSA) is 210 Å². The van der Waals surface area contributed by atoms with Crippen molar-refractivity contribution in [1.82, 2.24) is 15.1 Å². The maximum atomic E-state index is 15.0. The van der Waals surface area contributed by atoms with Crippen molar-refractivity contribution < 1.29 is 58.9 Å². The van der Waals surface area contributed by atoms with Crippen LogP contribution < -0.4 is 10.1 Å². The van der Waals surface area contributed by atoms with Gasteiger partial charge in [0.2, 0.25) is 11.7 Å². The number of fused-ring (bicyclic) bond motifs is 1. The van der Waals surface area contributed by atoms with Crippen molar-refractivity contribution in [2.45, 2.75) is 37.0 Å². The van der Waals surface area contributed by atoms with Crippen LogP contribution in [0.25, 0.3) is 0 Å².